The molecule has 0 bridgehead atoms. The number of carbonyl (C=O) groups is 1. The Hall–Kier alpha value is -0.370. The van der Waals surface area contributed by atoms with Crippen molar-refractivity contribution in [1.29, 1.82) is 0 Å². The molecule has 86 valence electrons. The second-order valence-corrected chi connectivity index (χ2v) is 5.22. The molecule has 0 spiro atoms. The average Bonchev–Trinajstić information content (AvgIpc) is 2.82. The van der Waals surface area contributed by atoms with Gasteiger partial charge in [0.25, 0.3) is 0 Å². The molecule has 0 radical (unpaired) electrons. The summed E-state index contributed by atoms with van der Waals surface area (Å²) in [6, 6.07) is 0.664. The zero-order valence-electron chi connectivity index (χ0n) is 9.80. The minimum atomic E-state index is 0.401. The number of rotatable bonds is 3. The molecule has 1 N–H and O–H groups in total. The van der Waals surface area contributed by atoms with Crippen molar-refractivity contribution in [2.75, 3.05) is 7.05 Å². The molecular weight excluding hydrogens is 186 g/mol. The van der Waals surface area contributed by atoms with Crippen molar-refractivity contribution in [2.45, 2.75) is 57.4 Å². The summed E-state index contributed by atoms with van der Waals surface area (Å²) in [7, 11) is 2.03. The lowest BCUT2D eigenvalue weighted by atomic mass is 9.79. The maximum atomic E-state index is 12.2. The molecule has 0 aliphatic heterocycles. The Morgan fingerprint density at radius 1 is 0.933 bits per heavy atom. The van der Waals surface area contributed by atoms with Crippen molar-refractivity contribution < 1.29 is 4.79 Å². The van der Waals surface area contributed by atoms with E-state index in [9.17, 15) is 4.79 Å². The van der Waals surface area contributed by atoms with Crippen LogP contribution in [0.4, 0.5) is 0 Å². The van der Waals surface area contributed by atoms with Crippen LogP contribution in [0, 0.1) is 11.8 Å². The Morgan fingerprint density at radius 3 is 2.00 bits per heavy atom. The van der Waals surface area contributed by atoms with Crippen LogP contribution in [0.1, 0.15) is 51.4 Å². The number of Topliss-reactive ketones (excluding diaryl/α,β-unsaturated/α-hetero) is 1. The van der Waals surface area contributed by atoms with Crippen LogP contribution in [0.15, 0.2) is 0 Å². The maximum Gasteiger partial charge on any atom is 0.139 e. The Kier molecular flexibility index (Phi) is 3.79. The van der Waals surface area contributed by atoms with E-state index in [0.717, 1.165) is 12.8 Å². The van der Waals surface area contributed by atoms with Crippen LogP contribution < -0.4 is 5.32 Å². The van der Waals surface area contributed by atoms with Crippen LogP contribution in [0.5, 0.6) is 0 Å². The Bertz CT molecular complexity index is 213. The third-order valence-corrected chi connectivity index (χ3v) is 4.30. The van der Waals surface area contributed by atoms with E-state index in [4.69, 9.17) is 0 Å². The van der Waals surface area contributed by atoms with Crippen molar-refractivity contribution in [1.82, 2.24) is 5.32 Å². The van der Waals surface area contributed by atoms with E-state index >= 15 is 0 Å². The van der Waals surface area contributed by atoms with Crippen LogP contribution in [0.3, 0.4) is 0 Å². The van der Waals surface area contributed by atoms with E-state index in [1.165, 1.54) is 38.5 Å². The largest absolute Gasteiger partial charge is 0.317 e. The highest BCUT2D eigenvalue weighted by Gasteiger charge is 2.31. The second kappa shape index (κ2) is 5.11. The van der Waals surface area contributed by atoms with Gasteiger partial charge in [-0.1, -0.05) is 12.8 Å². The molecule has 0 aromatic carbocycles. The molecule has 0 heterocycles. The summed E-state index contributed by atoms with van der Waals surface area (Å²) in [5.41, 5.74) is 0. The Balaban J connectivity index is 1.81. The van der Waals surface area contributed by atoms with Gasteiger partial charge in [-0.2, -0.15) is 0 Å². The van der Waals surface area contributed by atoms with E-state index in [-0.39, 0.29) is 0 Å². The maximum absolute atomic E-state index is 12.2. The molecule has 0 atom stereocenters. The lowest BCUT2D eigenvalue weighted by Gasteiger charge is -2.28. The van der Waals surface area contributed by atoms with Gasteiger partial charge in [0.2, 0.25) is 0 Å². The first kappa shape index (κ1) is 11.1. The van der Waals surface area contributed by atoms with Gasteiger partial charge in [-0.15, -0.1) is 0 Å². The number of hydrogen-bond acceptors (Lipinski definition) is 2. The summed E-state index contributed by atoms with van der Waals surface area (Å²) in [6.07, 6.45) is 9.54. The molecule has 0 aromatic rings. The van der Waals surface area contributed by atoms with Crippen LogP contribution in [-0.2, 0) is 4.79 Å². The van der Waals surface area contributed by atoms with Crippen LogP contribution >= 0.6 is 0 Å². The van der Waals surface area contributed by atoms with E-state index in [1.54, 1.807) is 0 Å². The van der Waals surface area contributed by atoms with Crippen LogP contribution in [0.2, 0.25) is 0 Å². The van der Waals surface area contributed by atoms with Gasteiger partial charge in [-0.3, -0.25) is 4.79 Å². The minimum absolute atomic E-state index is 0.401. The van der Waals surface area contributed by atoms with Crippen molar-refractivity contribution >= 4 is 5.78 Å². The zero-order valence-corrected chi connectivity index (χ0v) is 9.80. The first-order valence-corrected chi connectivity index (χ1v) is 6.52. The van der Waals surface area contributed by atoms with E-state index in [1.807, 2.05) is 7.05 Å². The van der Waals surface area contributed by atoms with Gasteiger partial charge < -0.3 is 5.32 Å². The Labute approximate surface area is 92.8 Å². The standard InChI is InChI=1S/C13H23NO/c1-14-12-8-6-11(7-9-12)13(15)10-4-2-3-5-10/h10-12,14H,2-9H2,1H3. The van der Waals surface area contributed by atoms with Gasteiger partial charge in [-0.05, 0) is 45.6 Å². The SMILES string of the molecule is CNC1CCC(C(=O)C2CCCC2)CC1. The highest BCUT2D eigenvalue weighted by Crippen LogP contribution is 2.33. The summed E-state index contributed by atoms with van der Waals surface area (Å²) < 4.78 is 0. The lowest BCUT2D eigenvalue weighted by Crippen LogP contribution is -2.34. The molecule has 2 nitrogen and oxygen atoms in total. The Morgan fingerprint density at radius 2 is 1.47 bits per heavy atom. The van der Waals surface area contributed by atoms with Gasteiger partial charge in [0.05, 0.1) is 0 Å². The molecular formula is C13H23NO. The predicted octanol–water partition coefficient (Wildman–Crippen LogP) is 2.52. The molecule has 0 amide bonds. The number of nitrogens with one attached hydrogen (secondary N) is 1. The summed E-state index contributed by atoms with van der Waals surface area (Å²) in [5.74, 6) is 1.43. The number of carbonyl (C=O) groups excluding carboxylic acids is 1. The average molecular weight is 209 g/mol. The molecule has 0 unspecified atom stereocenters. The second-order valence-electron chi connectivity index (χ2n) is 5.22. The molecule has 2 heteroatoms. The molecule has 2 rings (SSSR count). The van der Waals surface area contributed by atoms with Crippen molar-refractivity contribution in [3.05, 3.63) is 0 Å². The summed E-state index contributed by atoms with van der Waals surface area (Å²) in [6.45, 7) is 0. The first-order valence-electron chi connectivity index (χ1n) is 6.52. The van der Waals surface area contributed by atoms with Crippen LogP contribution in [0.25, 0.3) is 0 Å². The quantitative estimate of drug-likeness (QED) is 0.774. The van der Waals surface area contributed by atoms with Gasteiger partial charge in [0, 0.05) is 17.9 Å². The lowest BCUT2D eigenvalue weighted by molar-refractivity contribution is -0.127. The minimum Gasteiger partial charge on any atom is -0.317 e. The third kappa shape index (κ3) is 2.60. The van der Waals surface area contributed by atoms with Crippen LogP contribution in [-0.4, -0.2) is 18.9 Å². The van der Waals surface area contributed by atoms with Gasteiger partial charge in [0.1, 0.15) is 5.78 Å². The van der Waals surface area contributed by atoms with Crippen molar-refractivity contribution in [3.63, 3.8) is 0 Å². The molecule has 2 aliphatic rings. The summed E-state index contributed by atoms with van der Waals surface area (Å²) >= 11 is 0. The third-order valence-electron chi connectivity index (χ3n) is 4.30. The molecule has 0 aromatic heterocycles. The van der Waals surface area contributed by atoms with Gasteiger partial charge in [-0.25, -0.2) is 0 Å². The van der Waals surface area contributed by atoms with E-state index < -0.39 is 0 Å². The number of hydrogen-bond donors (Lipinski definition) is 1. The van der Waals surface area contributed by atoms with E-state index in [0.29, 0.717) is 23.7 Å². The van der Waals surface area contributed by atoms with Crippen molar-refractivity contribution in [2.24, 2.45) is 11.8 Å². The highest BCUT2D eigenvalue weighted by molar-refractivity contribution is 5.83. The smallest absolute Gasteiger partial charge is 0.139 e. The fourth-order valence-corrected chi connectivity index (χ4v) is 3.21. The van der Waals surface area contributed by atoms with E-state index in [2.05, 4.69) is 5.32 Å². The molecule has 2 saturated carbocycles. The normalized spacial score (nSPS) is 33.1. The highest BCUT2D eigenvalue weighted by atomic mass is 16.1. The monoisotopic (exact) mass is 209 g/mol. The van der Waals surface area contributed by atoms with Gasteiger partial charge in [0.15, 0.2) is 0 Å². The first-order chi connectivity index (χ1) is 7.31. The zero-order chi connectivity index (χ0) is 10.7. The van der Waals surface area contributed by atoms with Crippen molar-refractivity contribution in [3.8, 4) is 0 Å². The van der Waals surface area contributed by atoms with Gasteiger partial charge >= 0.3 is 0 Å². The fraction of sp³-hybridized carbons (Fsp3) is 0.923. The fourth-order valence-electron chi connectivity index (χ4n) is 3.21. The summed E-state index contributed by atoms with van der Waals surface area (Å²) in [5, 5.41) is 3.32. The number of ketones is 1. The summed E-state index contributed by atoms with van der Waals surface area (Å²) in [4.78, 5) is 12.2. The molecule has 2 aliphatic carbocycles. The molecule has 15 heavy (non-hydrogen) atoms. The topological polar surface area (TPSA) is 29.1 Å². The molecule has 2 fully saturated rings. The predicted molar refractivity (Wildman–Crippen MR) is 61.8 cm³/mol. The molecule has 0 saturated heterocycles.